The van der Waals surface area contributed by atoms with Crippen molar-refractivity contribution in [3.8, 4) is 5.75 Å². The molecule has 0 saturated heterocycles. The number of hydrogen-bond acceptors (Lipinski definition) is 5. The van der Waals surface area contributed by atoms with Gasteiger partial charge in [-0.3, -0.25) is 14.5 Å². The summed E-state index contributed by atoms with van der Waals surface area (Å²) in [6.45, 7) is 3.40. The third-order valence-electron chi connectivity index (χ3n) is 2.87. The van der Waals surface area contributed by atoms with E-state index in [1.165, 1.54) is 11.0 Å². The van der Waals surface area contributed by atoms with Gasteiger partial charge in [-0.25, -0.2) is 0 Å². The number of aryl methyl sites for hydroxylation is 1. The number of aromatic nitrogens is 1. The molecule has 1 unspecified atom stereocenters. The Bertz CT molecular complexity index is 550. The lowest BCUT2D eigenvalue weighted by Crippen LogP contribution is -2.29. The van der Waals surface area contributed by atoms with Crippen molar-refractivity contribution in [3.05, 3.63) is 27.7 Å². The normalized spacial score (nSPS) is 12.7. The topological polar surface area (TPSA) is 103 Å². The number of rotatable bonds is 6. The van der Waals surface area contributed by atoms with Crippen molar-refractivity contribution in [2.45, 2.75) is 33.0 Å². The average molecular weight is 284 g/mol. The van der Waals surface area contributed by atoms with E-state index in [1.54, 1.807) is 25.5 Å². The molecular formula is C13H20N2O5. The number of nitrogens with zero attached hydrogens (tertiary/aromatic N) is 2. The maximum absolute atomic E-state index is 11.6. The van der Waals surface area contributed by atoms with Crippen molar-refractivity contribution < 1.29 is 20.1 Å². The number of carboxylic acid groups (broad SMARTS) is 1. The van der Waals surface area contributed by atoms with Crippen LogP contribution < -0.4 is 5.43 Å². The van der Waals surface area contributed by atoms with Crippen LogP contribution in [0.3, 0.4) is 0 Å². The predicted molar refractivity (Wildman–Crippen MR) is 72.8 cm³/mol. The fraction of sp³-hybridized carbons (Fsp3) is 0.538. The molecule has 0 amide bonds. The minimum absolute atomic E-state index is 0.0990. The highest BCUT2D eigenvalue weighted by atomic mass is 16.4. The lowest BCUT2D eigenvalue weighted by atomic mass is 10.2. The van der Waals surface area contributed by atoms with Crippen LogP contribution in [-0.4, -0.2) is 50.5 Å². The largest absolute Gasteiger partial charge is 0.503 e. The van der Waals surface area contributed by atoms with Gasteiger partial charge < -0.3 is 19.9 Å². The standard InChI is InChI=1S/C13H20N2O5/c1-8-4-11(17)13(20)10(15(8)5-9(2)16)6-14(3)7-12(18)19/h4,9,16,20H,5-7H2,1-3H3,(H,18,19). The van der Waals surface area contributed by atoms with Gasteiger partial charge in [-0.2, -0.15) is 0 Å². The smallest absolute Gasteiger partial charge is 0.317 e. The molecule has 7 heteroatoms. The van der Waals surface area contributed by atoms with Crippen molar-refractivity contribution in [2.24, 2.45) is 0 Å². The number of hydrogen-bond donors (Lipinski definition) is 3. The summed E-state index contributed by atoms with van der Waals surface area (Å²) in [6.07, 6.45) is -0.654. The summed E-state index contributed by atoms with van der Waals surface area (Å²) in [5.41, 5.74) is 0.398. The third kappa shape index (κ3) is 4.07. The number of carboxylic acids is 1. The molecular weight excluding hydrogens is 264 g/mol. The highest BCUT2D eigenvalue weighted by molar-refractivity contribution is 5.69. The van der Waals surface area contributed by atoms with Crippen LogP contribution in [0.4, 0.5) is 0 Å². The molecule has 0 bridgehead atoms. The van der Waals surface area contributed by atoms with E-state index in [9.17, 15) is 19.8 Å². The predicted octanol–water partition coefficient (Wildman–Crippen LogP) is -0.240. The van der Waals surface area contributed by atoms with Crippen LogP contribution in [0.25, 0.3) is 0 Å². The Hall–Kier alpha value is -1.86. The molecule has 20 heavy (non-hydrogen) atoms. The number of pyridine rings is 1. The molecule has 0 spiro atoms. The van der Waals surface area contributed by atoms with Crippen LogP contribution in [0, 0.1) is 6.92 Å². The molecule has 7 nitrogen and oxygen atoms in total. The summed E-state index contributed by atoms with van der Waals surface area (Å²) in [5, 5.41) is 28.2. The highest BCUT2D eigenvalue weighted by Gasteiger charge is 2.17. The first kappa shape index (κ1) is 16.2. The van der Waals surface area contributed by atoms with E-state index in [2.05, 4.69) is 0 Å². The number of carbonyl (C=O) groups is 1. The lowest BCUT2D eigenvalue weighted by Gasteiger charge is -2.22. The maximum Gasteiger partial charge on any atom is 0.317 e. The quantitative estimate of drug-likeness (QED) is 0.666. The first-order valence-electron chi connectivity index (χ1n) is 6.23. The summed E-state index contributed by atoms with van der Waals surface area (Å²) in [5.74, 6) is -1.41. The maximum atomic E-state index is 11.6. The first-order valence-corrected chi connectivity index (χ1v) is 6.23. The van der Waals surface area contributed by atoms with E-state index >= 15 is 0 Å². The molecule has 1 aromatic rings. The number of aromatic hydroxyl groups is 1. The minimum atomic E-state index is -0.996. The van der Waals surface area contributed by atoms with Gasteiger partial charge in [-0.05, 0) is 20.9 Å². The first-order chi connectivity index (χ1) is 9.22. The Labute approximate surface area is 116 Å². The summed E-state index contributed by atoms with van der Waals surface area (Å²) < 4.78 is 1.62. The van der Waals surface area contributed by atoms with Gasteiger partial charge in [0.1, 0.15) is 0 Å². The molecule has 112 valence electrons. The van der Waals surface area contributed by atoms with Crippen molar-refractivity contribution in [2.75, 3.05) is 13.6 Å². The Kier molecular flexibility index (Phi) is 5.29. The Morgan fingerprint density at radius 2 is 2.10 bits per heavy atom. The molecule has 1 aromatic heterocycles. The summed E-state index contributed by atoms with van der Waals surface area (Å²) in [7, 11) is 1.58. The van der Waals surface area contributed by atoms with Gasteiger partial charge in [0.05, 0.1) is 18.3 Å². The van der Waals surface area contributed by atoms with E-state index < -0.39 is 23.3 Å². The van der Waals surface area contributed by atoms with Gasteiger partial charge in [0.2, 0.25) is 5.43 Å². The highest BCUT2D eigenvalue weighted by Crippen LogP contribution is 2.17. The van der Waals surface area contributed by atoms with Crippen LogP contribution in [0.15, 0.2) is 10.9 Å². The van der Waals surface area contributed by atoms with Crippen molar-refractivity contribution in [3.63, 3.8) is 0 Å². The Morgan fingerprint density at radius 1 is 1.50 bits per heavy atom. The number of aliphatic hydroxyl groups is 1. The zero-order chi connectivity index (χ0) is 15.4. The minimum Gasteiger partial charge on any atom is -0.503 e. The van der Waals surface area contributed by atoms with Gasteiger partial charge >= 0.3 is 5.97 Å². The molecule has 1 rings (SSSR count). The number of aliphatic carboxylic acids is 1. The average Bonchev–Trinajstić information content (AvgIpc) is 2.29. The molecule has 3 N–H and O–H groups in total. The fourth-order valence-electron chi connectivity index (χ4n) is 2.04. The molecule has 0 aliphatic heterocycles. The fourth-order valence-corrected chi connectivity index (χ4v) is 2.04. The Morgan fingerprint density at radius 3 is 2.60 bits per heavy atom. The molecule has 0 fully saturated rings. The molecule has 1 heterocycles. The summed E-state index contributed by atoms with van der Waals surface area (Å²) in [6, 6.07) is 1.29. The van der Waals surface area contributed by atoms with Crippen LogP contribution in [0.1, 0.15) is 18.3 Å². The van der Waals surface area contributed by atoms with Crippen molar-refractivity contribution in [1.29, 1.82) is 0 Å². The van der Waals surface area contributed by atoms with E-state index in [0.29, 0.717) is 11.4 Å². The summed E-state index contributed by atoms with van der Waals surface area (Å²) in [4.78, 5) is 23.8. The second-order valence-corrected chi connectivity index (χ2v) is 4.97. The SMILES string of the molecule is Cc1cc(=O)c(O)c(CN(C)CC(=O)O)n1CC(C)O. The molecule has 0 aromatic carbocycles. The van der Waals surface area contributed by atoms with Crippen molar-refractivity contribution >= 4 is 5.97 Å². The lowest BCUT2D eigenvalue weighted by molar-refractivity contribution is -0.138. The van der Waals surface area contributed by atoms with Crippen LogP contribution in [-0.2, 0) is 17.9 Å². The molecule has 0 radical (unpaired) electrons. The van der Waals surface area contributed by atoms with Gasteiger partial charge in [0, 0.05) is 24.8 Å². The molecule has 1 atom stereocenters. The van der Waals surface area contributed by atoms with Gasteiger partial charge in [0.15, 0.2) is 5.75 Å². The number of likely N-dealkylation sites (N-methyl/N-ethyl adjacent to an activating group) is 1. The molecule has 0 aliphatic carbocycles. The van der Waals surface area contributed by atoms with Gasteiger partial charge in [-0.15, -0.1) is 0 Å². The van der Waals surface area contributed by atoms with Gasteiger partial charge in [0.25, 0.3) is 0 Å². The summed E-state index contributed by atoms with van der Waals surface area (Å²) >= 11 is 0. The van der Waals surface area contributed by atoms with Crippen LogP contribution >= 0.6 is 0 Å². The monoisotopic (exact) mass is 284 g/mol. The van der Waals surface area contributed by atoms with Gasteiger partial charge in [-0.1, -0.05) is 0 Å². The van der Waals surface area contributed by atoms with Crippen LogP contribution in [0.2, 0.25) is 0 Å². The van der Waals surface area contributed by atoms with E-state index in [0.717, 1.165) is 0 Å². The third-order valence-corrected chi connectivity index (χ3v) is 2.87. The van der Waals surface area contributed by atoms with Crippen LogP contribution in [0.5, 0.6) is 5.75 Å². The van der Waals surface area contributed by atoms with E-state index in [4.69, 9.17) is 5.11 Å². The molecule has 0 aliphatic rings. The van der Waals surface area contributed by atoms with E-state index in [1.807, 2.05) is 0 Å². The molecule has 0 saturated carbocycles. The van der Waals surface area contributed by atoms with Crippen molar-refractivity contribution in [1.82, 2.24) is 9.47 Å². The Balaban J connectivity index is 3.20. The second kappa shape index (κ2) is 6.53. The second-order valence-electron chi connectivity index (χ2n) is 4.97. The van der Waals surface area contributed by atoms with E-state index in [-0.39, 0.29) is 19.6 Å². The zero-order valence-corrected chi connectivity index (χ0v) is 11.8. The number of aliphatic hydroxyl groups excluding tert-OH is 1. The zero-order valence-electron chi connectivity index (χ0n) is 11.8.